The Morgan fingerprint density at radius 3 is 2.29 bits per heavy atom. The number of amides is 2. The van der Waals surface area contributed by atoms with Crippen molar-refractivity contribution in [2.75, 3.05) is 39.8 Å². The molecule has 2 saturated carbocycles. The molecule has 3 rings (SSSR count). The fourth-order valence-electron chi connectivity index (χ4n) is 5.14. The molecule has 0 aromatic rings. The molecule has 0 aromatic heterocycles. The molecule has 0 unspecified atom stereocenters. The van der Waals surface area contributed by atoms with Gasteiger partial charge in [-0.2, -0.15) is 5.26 Å². The summed E-state index contributed by atoms with van der Waals surface area (Å²) in [5, 5.41) is 9.69. The summed E-state index contributed by atoms with van der Waals surface area (Å²) in [6.45, 7) is 3.26. The Morgan fingerprint density at radius 2 is 1.68 bits per heavy atom. The van der Waals surface area contributed by atoms with Crippen LogP contribution in [0.4, 0.5) is 0 Å². The first kappa shape index (κ1) is 21.1. The third-order valence-electron chi connectivity index (χ3n) is 7.23. The third kappa shape index (κ3) is 5.05. The molecule has 6 nitrogen and oxygen atoms in total. The molecule has 3 aliphatic rings. The van der Waals surface area contributed by atoms with Crippen molar-refractivity contribution in [3.8, 4) is 6.07 Å². The van der Waals surface area contributed by atoms with Gasteiger partial charge >= 0.3 is 0 Å². The predicted molar refractivity (Wildman–Crippen MR) is 108 cm³/mol. The summed E-state index contributed by atoms with van der Waals surface area (Å²) in [5.74, 6) is 1.07. The number of nitrogens with zero attached hydrogens (tertiary/aromatic N) is 4. The van der Waals surface area contributed by atoms with Gasteiger partial charge in [-0.25, -0.2) is 0 Å². The molecule has 2 aliphatic carbocycles. The molecular weight excluding hydrogens is 352 g/mol. The van der Waals surface area contributed by atoms with E-state index in [1.54, 1.807) is 11.9 Å². The highest BCUT2D eigenvalue weighted by molar-refractivity contribution is 5.79. The fraction of sp³-hybridized carbons (Fsp3) is 0.864. The molecule has 1 saturated heterocycles. The summed E-state index contributed by atoms with van der Waals surface area (Å²) < 4.78 is 0. The van der Waals surface area contributed by atoms with Gasteiger partial charge in [0.25, 0.3) is 0 Å². The van der Waals surface area contributed by atoms with Crippen LogP contribution in [0.15, 0.2) is 0 Å². The second kappa shape index (κ2) is 9.73. The van der Waals surface area contributed by atoms with Gasteiger partial charge < -0.3 is 9.80 Å². The molecule has 0 N–H and O–H groups in total. The number of nitriles is 1. The van der Waals surface area contributed by atoms with E-state index in [1.165, 1.54) is 25.7 Å². The van der Waals surface area contributed by atoms with Gasteiger partial charge in [0.05, 0.1) is 12.6 Å². The second-order valence-corrected chi connectivity index (χ2v) is 9.00. The first-order valence-corrected chi connectivity index (χ1v) is 11.2. The molecule has 0 spiro atoms. The van der Waals surface area contributed by atoms with Crippen LogP contribution >= 0.6 is 0 Å². The Hall–Kier alpha value is -1.61. The van der Waals surface area contributed by atoms with Crippen molar-refractivity contribution in [1.29, 1.82) is 5.26 Å². The van der Waals surface area contributed by atoms with Gasteiger partial charge in [-0.05, 0) is 25.2 Å². The van der Waals surface area contributed by atoms with E-state index >= 15 is 0 Å². The Kier molecular flexibility index (Phi) is 7.34. The Bertz CT molecular complexity index is 580. The van der Waals surface area contributed by atoms with Crippen molar-refractivity contribution in [3.05, 3.63) is 0 Å². The highest BCUT2D eigenvalue weighted by Crippen LogP contribution is 2.32. The van der Waals surface area contributed by atoms with Crippen molar-refractivity contribution >= 4 is 11.8 Å². The topological polar surface area (TPSA) is 67.7 Å². The van der Waals surface area contributed by atoms with Crippen LogP contribution in [0.25, 0.3) is 0 Å². The predicted octanol–water partition coefficient (Wildman–Crippen LogP) is 2.79. The van der Waals surface area contributed by atoms with Crippen molar-refractivity contribution in [3.63, 3.8) is 0 Å². The average molecular weight is 389 g/mol. The monoisotopic (exact) mass is 388 g/mol. The Morgan fingerprint density at radius 1 is 1.04 bits per heavy atom. The average Bonchev–Trinajstić information content (AvgIpc) is 3.26. The lowest BCUT2D eigenvalue weighted by Crippen LogP contribution is -2.55. The van der Waals surface area contributed by atoms with E-state index in [9.17, 15) is 14.9 Å². The van der Waals surface area contributed by atoms with E-state index in [4.69, 9.17) is 0 Å². The Labute approximate surface area is 169 Å². The van der Waals surface area contributed by atoms with E-state index in [0.717, 1.165) is 57.5 Å². The lowest BCUT2D eigenvalue weighted by molar-refractivity contribution is -0.137. The minimum atomic E-state index is -0.618. The zero-order chi connectivity index (χ0) is 20.0. The van der Waals surface area contributed by atoms with E-state index in [1.807, 2.05) is 4.90 Å². The van der Waals surface area contributed by atoms with Crippen molar-refractivity contribution in [2.45, 2.75) is 76.2 Å². The van der Waals surface area contributed by atoms with Crippen LogP contribution < -0.4 is 0 Å². The maximum absolute atomic E-state index is 12.8. The Balaban J connectivity index is 1.41. The summed E-state index contributed by atoms with van der Waals surface area (Å²) in [5.41, 5.74) is -0.618. The number of carbonyl (C=O) groups is 2. The quantitative estimate of drug-likeness (QED) is 0.702. The van der Waals surface area contributed by atoms with E-state index in [-0.39, 0.29) is 11.8 Å². The summed E-state index contributed by atoms with van der Waals surface area (Å²) in [4.78, 5) is 31.1. The zero-order valence-corrected chi connectivity index (χ0v) is 17.5. The van der Waals surface area contributed by atoms with E-state index < -0.39 is 5.54 Å². The maximum Gasteiger partial charge on any atom is 0.237 e. The number of rotatable bonds is 6. The first-order valence-electron chi connectivity index (χ1n) is 11.2. The third-order valence-corrected chi connectivity index (χ3v) is 7.23. The number of carbonyl (C=O) groups excluding carboxylic acids is 2. The molecule has 1 aliphatic heterocycles. The van der Waals surface area contributed by atoms with Crippen LogP contribution in [0.1, 0.15) is 70.6 Å². The molecule has 0 aromatic carbocycles. The lowest BCUT2D eigenvalue weighted by Gasteiger charge is -2.41. The van der Waals surface area contributed by atoms with Gasteiger partial charge in [-0.1, -0.05) is 44.9 Å². The zero-order valence-electron chi connectivity index (χ0n) is 17.5. The summed E-state index contributed by atoms with van der Waals surface area (Å²) in [7, 11) is 1.79. The van der Waals surface area contributed by atoms with Gasteiger partial charge in [-0.3, -0.25) is 14.5 Å². The molecular formula is C22H36N4O2. The molecule has 156 valence electrons. The molecule has 1 heterocycles. The van der Waals surface area contributed by atoms with E-state index in [0.29, 0.717) is 26.1 Å². The highest BCUT2D eigenvalue weighted by Gasteiger charge is 2.39. The second-order valence-electron chi connectivity index (χ2n) is 9.00. The van der Waals surface area contributed by atoms with Crippen LogP contribution in [-0.2, 0) is 9.59 Å². The van der Waals surface area contributed by atoms with Gasteiger partial charge in [0, 0.05) is 39.6 Å². The van der Waals surface area contributed by atoms with Crippen LogP contribution in [0.2, 0.25) is 0 Å². The van der Waals surface area contributed by atoms with Gasteiger partial charge in [0.1, 0.15) is 5.54 Å². The number of hydrogen-bond acceptors (Lipinski definition) is 4. The van der Waals surface area contributed by atoms with E-state index in [2.05, 4.69) is 11.0 Å². The largest absolute Gasteiger partial charge is 0.340 e. The number of hydrogen-bond donors (Lipinski definition) is 0. The minimum absolute atomic E-state index is 0.0319. The standard InChI is InChI=1S/C22H36N4O2/c1-24(22(18-23)11-5-2-6-12-22)21(28)17-25-13-15-26(16-14-25)20(27)10-9-19-7-3-4-8-19/h19H,2-17H2,1H3. The minimum Gasteiger partial charge on any atom is -0.340 e. The van der Waals surface area contributed by atoms with Gasteiger partial charge in [0.2, 0.25) is 11.8 Å². The number of piperazine rings is 1. The first-order chi connectivity index (χ1) is 13.5. The van der Waals surface area contributed by atoms with Crippen LogP contribution in [0.5, 0.6) is 0 Å². The maximum atomic E-state index is 12.8. The summed E-state index contributed by atoms with van der Waals surface area (Å²) in [6.07, 6.45) is 11.7. The van der Waals surface area contributed by atoms with Gasteiger partial charge in [0.15, 0.2) is 0 Å². The summed E-state index contributed by atoms with van der Waals surface area (Å²) >= 11 is 0. The smallest absolute Gasteiger partial charge is 0.237 e. The molecule has 0 radical (unpaired) electrons. The molecule has 3 fully saturated rings. The van der Waals surface area contributed by atoms with Crippen LogP contribution in [-0.4, -0.2) is 71.8 Å². The number of likely N-dealkylation sites (N-methyl/N-ethyl adjacent to an activating group) is 1. The van der Waals surface area contributed by atoms with Crippen molar-refractivity contribution < 1.29 is 9.59 Å². The molecule has 2 amide bonds. The van der Waals surface area contributed by atoms with Crippen LogP contribution in [0, 0.1) is 17.2 Å². The van der Waals surface area contributed by atoms with Crippen molar-refractivity contribution in [1.82, 2.24) is 14.7 Å². The molecule has 6 heteroatoms. The lowest BCUT2D eigenvalue weighted by atomic mass is 9.81. The highest BCUT2D eigenvalue weighted by atomic mass is 16.2. The molecule has 0 atom stereocenters. The fourth-order valence-corrected chi connectivity index (χ4v) is 5.14. The normalized spacial score (nSPS) is 23.4. The molecule has 0 bridgehead atoms. The summed E-state index contributed by atoms with van der Waals surface area (Å²) in [6, 6.07) is 2.43. The molecule has 28 heavy (non-hydrogen) atoms. The van der Waals surface area contributed by atoms with Gasteiger partial charge in [-0.15, -0.1) is 0 Å². The van der Waals surface area contributed by atoms with Crippen molar-refractivity contribution in [2.24, 2.45) is 5.92 Å². The van der Waals surface area contributed by atoms with Crippen LogP contribution in [0.3, 0.4) is 0 Å². The SMILES string of the molecule is CN(C(=O)CN1CCN(C(=O)CCC2CCCC2)CC1)C1(C#N)CCCCC1.